The monoisotopic (exact) mass is 363 g/mol. The van der Waals surface area contributed by atoms with Crippen molar-refractivity contribution in [2.75, 3.05) is 10.6 Å². The number of aromatic nitrogens is 5. The third-order valence-corrected chi connectivity index (χ3v) is 4.75. The molecular formula is C19H21N7O. The third-order valence-electron chi connectivity index (χ3n) is 4.75. The number of hydrogen-bond acceptors (Lipinski definition) is 5. The van der Waals surface area contributed by atoms with Gasteiger partial charge in [0.25, 0.3) is 5.91 Å². The van der Waals surface area contributed by atoms with Crippen LogP contribution in [0.5, 0.6) is 0 Å². The summed E-state index contributed by atoms with van der Waals surface area (Å²) in [6, 6.07) is 9.26. The van der Waals surface area contributed by atoms with E-state index in [4.69, 9.17) is 0 Å². The van der Waals surface area contributed by atoms with Crippen LogP contribution < -0.4 is 10.6 Å². The quantitative estimate of drug-likeness (QED) is 0.746. The van der Waals surface area contributed by atoms with Crippen molar-refractivity contribution in [3.05, 3.63) is 64.9 Å². The van der Waals surface area contributed by atoms with Gasteiger partial charge in [-0.15, -0.1) is 0 Å². The van der Waals surface area contributed by atoms with Gasteiger partial charge < -0.3 is 10.6 Å². The standard InChI is InChI=1S/C19H21N7O/c1-11-7-5-6-8-14(11)23-18(27)16-13(3)22-19-20-10-21-26(19)17(16)15-9-12(2)24-25(15)4/h5-10,17H,1-4H3,(H,23,27)(H,20,21,22)/t17-/m1/s1. The summed E-state index contributed by atoms with van der Waals surface area (Å²) < 4.78 is 3.50. The summed E-state index contributed by atoms with van der Waals surface area (Å²) in [4.78, 5) is 17.5. The highest BCUT2D eigenvalue weighted by Gasteiger charge is 2.35. The molecule has 0 saturated heterocycles. The van der Waals surface area contributed by atoms with Crippen LogP contribution in [0.15, 0.2) is 47.9 Å². The van der Waals surface area contributed by atoms with Crippen LogP contribution in [0, 0.1) is 13.8 Å². The molecule has 1 atom stereocenters. The lowest BCUT2D eigenvalue weighted by Crippen LogP contribution is -2.32. The van der Waals surface area contributed by atoms with Gasteiger partial charge in [0.2, 0.25) is 5.95 Å². The predicted octanol–water partition coefficient (Wildman–Crippen LogP) is 2.56. The van der Waals surface area contributed by atoms with Crippen molar-refractivity contribution in [1.82, 2.24) is 24.5 Å². The molecule has 0 fully saturated rings. The molecule has 0 radical (unpaired) electrons. The maximum atomic E-state index is 13.3. The number of allylic oxidation sites excluding steroid dienone is 1. The molecule has 0 bridgehead atoms. The van der Waals surface area contributed by atoms with Crippen LogP contribution in [-0.4, -0.2) is 30.5 Å². The van der Waals surface area contributed by atoms with Gasteiger partial charge in [0.15, 0.2) is 0 Å². The van der Waals surface area contributed by atoms with E-state index in [-0.39, 0.29) is 5.91 Å². The van der Waals surface area contributed by atoms with Crippen LogP contribution in [0.3, 0.4) is 0 Å². The van der Waals surface area contributed by atoms with E-state index >= 15 is 0 Å². The molecule has 3 aromatic rings. The summed E-state index contributed by atoms with van der Waals surface area (Å²) >= 11 is 0. The lowest BCUT2D eigenvalue weighted by Gasteiger charge is -2.28. The first kappa shape index (κ1) is 17.0. The first-order valence-electron chi connectivity index (χ1n) is 8.70. The Bertz CT molecular complexity index is 1060. The summed E-state index contributed by atoms with van der Waals surface area (Å²) in [6.07, 6.45) is 1.48. The summed E-state index contributed by atoms with van der Waals surface area (Å²) in [5.74, 6) is 0.420. The van der Waals surface area contributed by atoms with Crippen LogP contribution in [-0.2, 0) is 11.8 Å². The summed E-state index contributed by atoms with van der Waals surface area (Å²) in [5.41, 5.74) is 4.86. The van der Waals surface area contributed by atoms with Crippen molar-refractivity contribution in [1.29, 1.82) is 0 Å². The molecule has 2 N–H and O–H groups in total. The van der Waals surface area contributed by atoms with Crippen LogP contribution in [0.25, 0.3) is 0 Å². The molecular weight excluding hydrogens is 342 g/mol. The number of nitrogens with one attached hydrogen (secondary N) is 2. The van der Waals surface area contributed by atoms with Crippen molar-refractivity contribution in [3.63, 3.8) is 0 Å². The Morgan fingerprint density at radius 2 is 2.00 bits per heavy atom. The second kappa shape index (κ2) is 6.39. The molecule has 1 aromatic carbocycles. The van der Waals surface area contributed by atoms with Gasteiger partial charge in [-0.05, 0) is 38.5 Å². The topological polar surface area (TPSA) is 89.7 Å². The molecule has 8 nitrogen and oxygen atoms in total. The first-order chi connectivity index (χ1) is 13.0. The van der Waals surface area contributed by atoms with Gasteiger partial charge in [-0.3, -0.25) is 9.48 Å². The average molecular weight is 363 g/mol. The van der Waals surface area contributed by atoms with E-state index in [2.05, 4.69) is 25.8 Å². The number of para-hydroxylation sites is 1. The van der Waals surface area contributed by atoms with Crippen molar-refractivity contribution in [2.24, 2.45) is 7.05 Å². The minimum absolute atomic E-state index is 0.181. The normalized spacial score (nSPS) is 16.1. The minimum atomic E-state index is -0.418. The van der Waals surface area contributed by atoms with Gasteiger partial charge in [-0.2, -0.15) is 15.2 Å². The number of aryl methyl sites for hydroxylation is 3. The fourth-order valence-corrected chi connectivity index (χ4v) is 3.45. The second-order valence-electron chi connectivity index (χ2n) is 6.70. The first-order valence-corrected chi connectivity index (χ1v) is 8.70. The molecule has 1 aliphatic rings. The van der Waals surface area contributed by atoms with Crippen LogP contribution in [0.2, 0.25) is 0 Å². The Labute approximate surface area is 156 Å². The number of carbonyl (C=O) groups excluding carboxylic acids is 1. The van der Waals surface area contributed by atoms with Crippen molar-refractivity contribution in [2.45, 2.75) is 26.8 Å². The molecule has 0 spiro atoms. The number of amides is 1. The highest BCUT2D eigenvalue weighted by molar-refractivity contribution is 6.06. The summed E-state index contributed by atoms with van der Waals surface area (Å²) in [7, 11) is 1.87. The van der Waals surface area contributed by atoms with Crippen molar-refractivity contribution < 1.29 is 4.79 Å². The number of fused-ring (bicyclic) bond motifs is 1. The average Bonchev–Trinajstić information content (AvgIpc) is 3.21. The second-order valence-corrected chi connectivity index (χ2v) is 6.70. The van der Waals surface area contributed by atoms with E-state index in [1.165, 1.54) is 6.33 Å². The molecule has 0 unspecified atom stereocenters. The Morgan fingerprint density at radius 1 is 1.22 bits per heavy atom. The Kier molecular flexibility index (Phi) is 4.02. The zero-order valence-corrected chi connectivity index (χ0v) is 15.7. The number of anilines is 2. The van der Waals surface area contributed by atoms with Gasteiger partial charge >= 0.3 is 0 Å². The van der Waals surface area contributed by atoms with Gasteiger partial charge in [0.05, 0.1) is 17.0 Å². The third kappa shape index (κ3) is 2.88. The minimum Gasteiger partial charge on any atom is -0.328 e. The highest BCUT2D eigenvalue weighted by atomic mass is 16.1. The Balaban J connectivity index is 1.80. The van der Waals surface area contributed by atoms with E-state index in [9.17, 15) is 4.79 Å². The molecule has 1 aliphatic heterocycles. The van der Waals surface area contributed by atoms with Crippen molar-refractivity contribution in [3.8, 4) is 0 Å². The van der Waals surface area contributed by atoms with Gasteiger partial charge in [-0.25, -0.2) is 4.68 Å². The number of hydrogen-bond donors (Lipinski definition) is 2. The number of carbonyl (C=O) groups is 1. The number of nitrogens with zero attached hydrogens (tertiary/aromatic N) is 5. The fourth-order valence-electron chi connectivity index (χ4n) is 3.45. The zero-order chi connectivity index (χ0) is 19.1. The lowest BCUT2D eigenvalue weighted by atomic mass is 9.98. The summed E-state index contributed by atoms with van der Waals surface area (Å²) in [6.45, 7) is 5.77. The van der Waals surface area contributed by atoms with E-state index in [0.717, 1.165) is 28.3 Å². The van der Waals surface area contributed by atoms with E-state index in [1.807, 2.05) is 58.2 Å². The molecule has 2 aromatic heterocycles. The zero-order valence-electron chi connectivity index (χ0n) is 15.7. The molecule has 1 amide bonds. The SMILES string of the molecule is CC1=C(C(=O)Nc2ccccc2C)[C@@H](c2cc(C)nn2C)n2ncnc2N1. The van der Waals surface area contributed by atoms with Gasteiger partial charge in [0, 0.05) is 18.4 Å². The number of rotatable bonds is 3. The molecule has 27 heavy (non-hydrogen) atoms. The van der Waals surface area contributed by atoms with Crippen LogP contribution in [0.4, 0.5) is 11.6 Å². The molecule has 0 saturated carbocycles. The predicted molar refractivity (Wildman–Crippen MR) is 102 cm³/mol. The largest absolute Gasteiger partial charge is 0.328 e. The van der Waals surface area contributed by atoms with Gasteiger partial charge in [0.1, 0.15) is 12.4 Å². The lowest BCUT2D eigenvalue weighted by molar-refractivity contribution is -0.113. The summed E-state index contributed by atoms with van der Waals surface area (Å²) in [5, 5.41) is 15.0. The maximum Gasteiger partial charge on any atom is 0.255 e. The molecule has 4 rings (SSSR count). The maximum absolute atomic E-state index is 13.3. The van der Waals surface area contributed by atoms with Crippen LogP contribution in [0.1, 0.15) is 29.9 Å². The smallest absolute Gasteiger partial charge is 0.255 e. The van der Waals surface area contributed by atoms with Crippen LogP contribution >= 0.6 is 0 Å². The van der Waals surface area contributed by atoms with E-state index < -0.39 is 6.04 Å². The molecule has 3 heterocycles. The Hall–Kier alpha value is -3.42. The number of benzene rings is 1. The van der Waals surface area contributed by atoms with Gasteiger partial charge in [-0.1, -0.05) is 18.2 Å². The van der Waals surface area contributed by atoms with Crippen molar-refractivity contribution >= 4 is 17.5 Å². The fraction of sp³-hybridized carbons (Fsp3) is 0.263. The molecule has 138 valence electrons. The highest BCUT2D eigenvalue weighted by Crippen LogP contribution is 2.35. The molecule has 8 heteroatoms. The van der Waals surface area contributed by atoms with E-state index in [1.54, 1.807) is 9.36 Å². The Morgan fingerprint density at radius 3 is 2.70 bits per heavy atom. The van der Waals surface area contributed by atoms with E-state index in [0.29, 0.717) is 11.5 Å². The molecule has 0 aliphatic carbocycles.